The fraction of sp³-hybridized carbons (Fsp3) is 0.762. The summed E-state index contributed by atoms with van der Waals surface area (Å²) in [5.74, 6) is -1.79. The Hall–Kier alpha value is -4.50. The van der Waals surface area contributed by atoms with Crippen molar-refractivity contribution in [2.45, 2.75) is 205 Å². The predicted octanol–water partition coefficient (Wildman–Crippen LogP) is 5.11. The molecule has 16 N–H and O–H groups in total. The molecule has 16 nitrogen and oxygen atoms in total. The first-order valence-electron chi connectivity index (χ1n) is 21.3. The molecule has 340 valence electrons. The summed E-state index contributed by atoms with van der Waals surface area (Å²) in [5.41, 5.74) is 40.0. The fourth-order valence-electron chi connectivity index (χ4n) is 5.22. The highest BCUT2D eigenvalue weighted by molar-refractivity contribution is 5.75. The Morgan fingerprint density at radius 1 is 0.190 bits per heavy atom. The van der Waals surface area contributed by atoms with Crippen LogP contribution in [0.2, 0.25) is 0 Å². The van der Waals surface area contributed by atoms with Crippen molar-refractivity contribution in [1.29, 1.82) is 0 Å². The van der Waals surface area contributed by atoms with Gasteiger partial charge in [-0.3, -0.25) is 38.4 Å². The van der Waals surface area contributed by atoms with E-state index in [9.17, 15) is 38.4 Å². The molecule has 0 bridgehead atoms. The maximum absolute atomic E-state index is 10.4. The van der Waals surface area contributed by atoms with E-state index in [2.05, 4.69) is 13.2 Å². The van der Waals surface area contributed by atoms with Gasteiger partial charge in [-0.15, -0.1) is 13.2 Å². The van der Waals surface area contributed by atoms with Gasteiger partial charge in [0.1, 0.15) is 0 Å². The first kappa shape index (κ1) is 62.7. The summed E-state index contributed by atoms with van der Waals surface area (Å²) in [4.78, 5) is 83.0. The van der Waals surface area contributed by atoms with Gasteiger partial charge in [0.15, 0.2) is 0 Å². The van der Waals surface area contributed by atoms with Crippen LogP contribution in [0.5, 0.6) is 0 Å². The van der Waals surface area contributed by atoms with Crippen LogP contribution >= 0.6 is 0 Å². The molecule has 0 atom stereocenters. The van der Waals surface area contributed by atoms with E-state index in [1.54, 1.807) is 0 Å². The third kappa shape index (κ3) is 84.2. The second-order valence-corrected chi connectivity index (χ2v) is 14.2. The number of primary amides is 8. The van der Waals surface area contributed by atoms with Crippen molar-refractivity contribution in [2.75, 3.05) is 0 Å². The smallest absolute Gasteiger partial charge is 0.217 e. The molecular weight excluding hydrogens is 745 g/mol. The molecule has 0 aromatic heterocycles. The second kappa shape index (κ2) is 52.5. The lowest BCUT2D eigenvalue weighted by molar-refractivity contribution is -0.119. The van der Waals surface area contributed by atoms with Crippen LogP contribution in [-0.4, -0.2) is 47.3 Å². The first-order valence-corrected chi connectivity index (χ1v) is 21.3. The third-order valence-corrected chi connectivity index (χ3v) is 8.39. The summed E-state index contributed by atoms with van der Waals surface area (Å²) in [7, 11) is 0. The Balaban J connectivity index is -0.000000212. The number of unbranched alkanes of at least 4 members (excludes halogenated alkanes) is 20. The Bertz CT molecular complexity index is 820. The summed E-state index contributed by atoms with van der Waals surface area (Å²) < 4.78 is 0. The van der Waals surface area contributed by atoms with E-state index in [1.807, 2.05) is 0 Å². The lowest BCUT2D eigenvalue weighted by atomic mass is 10.1. The zero-order chi connectivity index (χ0) is 45.2. The molecule has 0 heterocycles. The van der Waals surface area contributed by atoms with Crippen molar-refractivity contribution in [2.24, 2.45) is 45.9 Å². The minimum absolute atomic E-state index is 0.223. The molecule has 0 fully saturated rings. The normalized spacial score (nSPS) is 9.72. The zero-order valence-corrected chi connectivity index (χ0v) is 35.9. The van der Waals surface area contributed by atoms with Crippen molar-refractivity contribution in [1.82, 2.24) is 0 Å². The number of rotatable bonds is 36. The van der Waals surface area contributed by atoms with Gasteiger partial charge in [0, 0.05) is 51.4 Å². The third-order valence-electron chi connectivity index (χ3n) is 8.39. The van der Waals surface area contributed by atoms with Gasteiger partial charge in [-0.25, -0.2) is 0 Å². The molecule has 0 saturated heterocycles. The van der Waals surface area contributed by atoms with Gasteiger partial charge in [0.05, 0.1) is 0 Å². The average molecular weight is 829 g/mol. The number of hydrogen-bond donors (Lipinski definition) is 8. The summed E-state index contributed by atoms with van der Waals surface area (Å²) in [6, 6.07) is 0. The van der Waals surface area contributed by atoms with Crippen molar-refractivity contribution in [3.8, 4) is 0 Å². The molecule has 8 amide bonds. The molecular formula is C42H84N8O8. The number of hydrogen-bond acceptors (Lipinski definition) is 8. The Labute approximate surface area is 349 Å². The van der Waals surface area contributed by atoms with E-state index < -0.39 is 0 Å². The second-order valence-electron chi connectivity index (χ2n) is 14.2. The molecule has 58 heavy (non-hydrogen) atoms. The molecule has 0 radical (unpaired) electrons. The van der Waals surface area contributed by atoms with Crippen molar-refractivity contribution < 1.29 is 38.4 Å². The summed E-state index contributed by atoms with van der Waals surface area (Å²) in [5, 5.41) is 0. The summed E-state index contributed by atoms with van der Waals surface area (Å²) in [6.45, 7) is 6.00. The maximum atomic E-state index is 10.4. The van der Waals surface area contributed by atoms with Crippen LogP contribution in [-0.2, 0) is 38.4 Å². The quantitative estimate of drug-likeness (QED) is 0.0309. The van der Waals surface area contributed by atoms with Gasteiger partial charge in [-0.1, -0.05) is 103 Å². The fourth-order valence-corrected chi connectivity index (χ4v) is 5.22. The number of carbonyl (C=O) groups excluding carboxylic acids is 8. The highest BCUT2D eigenvalue weighted by atomic mass is 16.2. The average Bonchev–Trinajstić information content (AvgIpc) is 3.13. The van der Waals surface area contributed by atoms with E-state index in [-0.39, 0.29) is 47.3 Å². The minimum atomic E-state index is -0.223. The van der Waals surface area contributed by atoms with Crippen LogP contribution in [0.1, 0.15) is 205 Å². The van der Waals surface area contributed by atoms with Crippen LogP contribution in [0.25, 0.3) is 0 Å². The van der Waals surface area contributed by atoms with Crippen molar-refractivity contribution >= 4 is 47.3 Å². The summed E-state index contributed by atoms with van der Waals surface area (Å²) >= 11 is 0. The molecule has 0 spiro atoms. The lowest BCUT2D eigenvalue weighted by Gasteiger charge is -1.99. The molecule has 16 heteroatoms. The van der Waals surface area contributed by atoms with E-state index >= 15 is 0 Å². The SMILES string of the molecule is C=C.NC(=O)CCCCCCCCC(N)=O.NC(=O)CCCCCCCCC(N)=O.NC(=O)CCCCCCCCC(N)=O.NC(=O)CCCCCCCCC(N)=O. The predicted molar refractivity (Wildman–Crippen MR) is 233 cm³/mol. The molecule has 0 unspecified atom stereocenters. The topological polar surface area (TPSA) is 345 Å². The standard InChI is InChI=1S/4C10H20N2O2.C2H4/c4*11-9(13)7-5-3-1-2-4-6-8-10(12)14;1-2/h4*1-8H2,(H2,11,13)(H2,12,14);1-2H2. The van der Waals surface area contributed by atoms with E-state index in [0.29, 0.717) is 51.4 Å². The van der Waals surface area contributed by atoms with E-state index in [0.717, 1.165) is 154 Å². The van der Waals surface area contributed by atoms with Crippen molar-refractivity contribution in [3.63, 3.8) is 0 Å². The highest BCUT2D eigenvalue weighted by Gasteiger charge is 2.00. The maximum Gasteiger partial charge on any atom is 0.217 e. The minimum Gasteiger partial charge on any atom is -0.370 e. The molecule has 0 aromatic carbocycles. The Morgan fingerprint density at radius 3 is 0.328 bits per heavy atom. The molecule has 0 aliphatic heterocycles. The molecule has 0 saturated carbocycles. The molecule has 0 aliphatic carbocycles. The van der Waals surface area contributed by atoms with E-state index in [4.69, 9.17) is 45.9 Å². The largest absolute Gasteiger partial charge is 0.370 e. The molecule has 0 rings (SSSR count). The van der Waals surface area contributed by atoms with Crippen LogP contribution in [0.4, 0.5) is 0 Å². The van der Waals surface area contributed by atoms with Gasteiger partial charge in [0.2, 0.25) is 47.3 Å². The van der Waals surface area contributed by atoms with Gasteiger partial charge < -0.3 is 45.9 Å². The Morgan fingerprint density at radius 2 is 0.259 bits per heavy atom. The highest BCUT2D eigenvalue weighted by Crippen LogP contribution is 2.10. The van der Waals surface area contributed by atoms with Crippen LogP contribution in [0.15, 0.2) is 13.2 Å². The molecule has 0 aliphatic rings. The monoisotopic (exact) mass is 829 g/mol. The van der Waals surface area contributed by atoms with Crippen LogP contribution in [0, 0.1) is 0 Å². The zero-order valence-electron chi connectivity index (χ0n) is 35.9. The van der Waals surface area contributed by atoms with Crippen LogP contribution < -0.4 is 45.9 Å². The number of nitrogens with two attached hydrogens (primary N) is 8. The number of amides is 8. The van der Waals surface area contributed by atoms with Gasteiger partial charge >= 0.3 is 0 Å². The number of carbonyl (C=O) groups is 8. The van der Waals surface area contributed by atoms with Gasteiger partial charge in [-0.2, -0.15) is 0 Å². The summed E-state index contributed by atoms with van der Waals surface area (Å²) in [6.07, 6.45) is 28.1. The van der Waals surface area contributed by atoms with Gasteiger partial charge in [-0.05, 0) is 51.4 Å². The lowest BCUT2D eigenvalue weighted by Crippen LogP contribution is -2.09. The van der Waals surface area contributed by atoms with E-state index in [1.165, 1.54) is 0 Å². The Kier molecular flexibility index (Phi) is 56.7. The van der Waals surface area contributed by atoms with Crippen LogP contribution in [0.3, 0.4) is 0 Å². The first-order chi connectivity index (χ1) is 27.5. The van der Waals surface area contributed by atoms with Crippen molar-refractivity contribution in [3.05, 3.63) is 13.2 Å². The molecule has 0 aromatic rings. The van der Waals surface area contributed by atoms with Gasteiger partial charge in [0.25, 0.3) is 0 Å².